The maximum absolute atomic E-state index is 12.0. The molecule has 0 heterocycles. The fourth-order valence-corrected chi connectivity index (χ4v) is 1.59. The van der Waals surface area contributed by atoms with E-state index in [0.29, 0.717) is 5.69 Å². The van der Waals surface area contributed by atoms with Crippen molar-refractivity contribution in [2.45, 2.75) is 17.4 Å². The Morgan fingerprint density at radius 3 is 2.24 bits per heavy atom. The van der Waals surface area contributed by atoms with Gasteiger partial charge in [-0.05, 0) is 24.3 Å². The first-order valence-electron chi connectivity index (χ1n) is 4.63. The topological polar surface area (TPSA) is 92.4 Å². The quantitative estimate of drug-likeness (QED) is 0.718. The lowest BCUT2D eigenvalue weighted by Gasteiger charge is -2.11. The van der Waals surface area contributed by atoms with E-state index in [1.807, 2.05) is 0 Å². The van der Waals surface area contributed by atoms with E-state index in [4.69, 9.17) is 10.2 Å². The van der Waals surface area contributed by atoms with Gasteiger partial charge in [-0.25, -0.2) is 22.3 Å². The minimum absolute atomic E-state index is 0.0718. The zero-order valence-electron chi connectivity index (χ0n) is 8.68. The van der Waals surface area contributed by atoms with E-state index in [1.54, 1.807) is 0 Å². The van der Waals surface area contributed by atoms with Gasteiger partial charge in [0, 0.05) is 12.2 Å². The van der Waals surface area contributed by atoms with Gasteiger partial charge in [0.05, 0.1) is 4.90 Å². The third-order valence-electron chi connectivity index (χ3n) is 1.99. The number of alkyl halides is 2. The molecule has 0 radical (unpaired) electrons. The second-order valence-corrected chi connectivity index (χ2v) is 4.91. The summed E-state index contributed by atoms with van der Waals surface area (Å²) in [5.41, 5.74) is 0.414. The summed E-state index contributed by atoms with van der Waals surface area (Å²) in [6.07, 6.45) is -4.60. The van der Waals surface area contributed by atoms with Crippen LogP contribution in [0.1, 0.15) is 0 Å². The van der Waals surface area contributed by atoms with Crippen molar-refractivity contribution >= 4 is 15.7 Å². The molecule has 0 saturated heterocycles. The minimum atomic E-state index is -3.76. The van der Waals surface area contributed by atoms with Crippen LogP contribution in [0.3, 0.4) is 0 Å². The number of hydrogen-bond donors (Lipinski definition) is 3. The molecular formula is C9H12F2N2O3S. The Hall–Kier alpha value is -1.25. The molecule has 0 saturated carbocycles. The van der Waals surface area contributed by atoms with Crippen molar-refractivity contribution in [3.8, 4) is 0 Å². The molecule has 5 nitrogen and oxygen atoms in total. The summed E-state index contributed by atoms with van der Waals surface area (Å²) in [4.78, 5) is -0.0718. The average molecular weight is 266 g/mol. The molecule has 0 aromatic heterocycles. The zero-order chi connectivity index (χ0) is 13.1. The maximum atomic E-state index is 12.0. The molecule has 0 aliphatic rings. The highest BCUT2D eigenvalue weighted by Crippen LogP contribution is 2.13. The van der Waals surface area contributed by atoms with E-state index in [-0.39, 0.29) is 11.4 Å². The molecule has 1 unspecified atom stereocenters. The molecule has 4 N–H and O–H groups in total. The highest BCUT2D eigenvalue weighted by atomic mass is 32.2. The third kappa shape index (κ3) is 4.25. The van der Waals surface area contributed by atoms with Crippen molar-refractivity contribution < 1.29 is 22.3 Å². The van der Waals surface area contributed by atoms with Crippen LogP contribution < -0.4 is 10.5 Å². The third-order valence-corrected chi connectivity index (χ3v) is 2.92. The number of sulfonamides is 1. The molecule has 17 heavy (non-hydrogen) atoms. The van der Waals surface area contributed by atoms with Gasteiger partial charge in [-0.3, -0.25) is 0 Å². The summed E-state index contributed by atoms with van der Waals surface area (Å²) in [6, 6.07) is 5.23. The van der Waals surface area contributed by atoms with E-state index in [9.17, 15) is 17.2 Å². The Morgan fingerprint density at radius 2 is 1.82 bits per heavy atom. The first-order chi connectivity index (χ1) is 7.80. The molecule has 0 bridgehead atoms. The predicted molar refractivity (Wildman–Crippen MR) is 58.3 cm³/mol. The lowest BCUT2D eigenvalue weighted by atomic mass is 10.3. The number of aliphatic hydroxyl groups is 1. The van der Waals surface area contributed by atoms with Gasteiger partial charge in [-0.2, -0.15) is 0 Å². The highest BCUT2D eigenvalue weighted by molar-refractivity contribution is 7.89. The van der Waals surface area contributed by atoms with Gasteiger partial charge in [0.25, 0.3) is 6.43 Å². The summed E-state index contributed by atoms with van der Waals surface area (Å²) in [6.45, 7) is -0.327. The summed E-state index contributed by atoms with van der Waals surface area (Å²) in [7, 11) is -3.76. The molecule has 8 heteroatoms. The standard InChI is InChI=1S/C9H12F2N2O3S/c10-9(11)8(14)5-13-6-1-3-7(4-2-6)17(12,15)16/h1-4,8-9,13-14H,5H2,(H2,12,15,16). The van der Waals surface area contributed by atoms with Crippen molar-refractivity contribution in [1.82, 2.24) is 0 Å². The maximum Gasteiger partial charge on any atom is 0.265 e. The van der Waals surface area contributed by atoms with Gasteiger partial charge in [0.2, 0.25) is 10.0 Å². The number of halogens is 2. The predicted octanol–water partition coefficient (Wildman–Crippen LogP) is 0.372. The molecule has 1 atom stereocenters. The first kappa shape index (κ1) is 13.8. The molecule has 1 aromatic rings. The van der Waals surface area contributed by atoms with Gasteiger partial charge >= 0.3 is 0 Å². The Labute approximate surface area is 97.3 Å². The Balaban J connectivity index is 2.64. The Kier molecular flexibility index (Phi) is 4.38. The van der Waals surface area contributed by atoms with Crippen molar-refractivity contribution in [2.24, 2.45) is 5.14 Å². The highest BCUT2D eigenvalue weighted by Gasteiger charge is 2.16. The normalized spacial score (nSPS) is 13.7. The number of nitrogens with two attached hydrogens (primary N) is 1. The Morgan fingerprint density at radius 1 is 1.29 bits per heavy atom. The van der Waals surface area contributed by atoms with Crippen LogP contribution in [0.5, 0.6) is 0 Å². The number of benzene rings is 1. The monoisotopic (exact) mass is 266 g/mol. The molecule has 96 valence electrons. The lowest BCUT2D eigenvalue weighted by molar-refractivity contribution is 0.00384. The number of anilines is 1. The van der Waals surface area contributed by atoms with Gasteiger partial charge < -0.3 is 10.4 Å². The molecule has 0 spiro atoms. The lowest BCUT2D eigenvalue weighted by Crippen LogP contribution is -2.26. The Bertz CT molecular complexity index is 462. The summed E-state index contributed by atoms with van der Waals surface area (Å²) >= 11 is 0. The minimum Gasteiger partial charge on any atom is -0.385 e. The molecule has 0 aliphatic heterocycles. The van der Waals surface area contributed by atoms with E-state index < -0.39 is 22.6 Å². The average Bonchev–Trinajstić information content (AvgIpc) is 2.25. The summed E-state index contributed by atoms with van der Waals surface area (Å²) in [5, 5.41) is 16.3. The number of nitrogens with one attached hydrogen (secondary N) is 1. The molecule has 0 aliphatic carbocycles. The second-order valence-electron chi connectivity index (χ2n) is 3.35. The smallest absolute Gasteiger partial charge is 0.265 e. The SMILES string of the molecule is NS(=O)(=O)c1ccc(NCC(O)C(F)F)cc1. The van der Waals surface area contributed by atoms with E-state index >= 15 is 0 Å². The zero-order valence-corrected chi connectivity index (χ0v) is 9.49. The number of aliphatic hydroxyl groups excluding tert-OH is 1. The van der Waals surface area contributed by atoms with Gasteiger partial charge in [0.1, 0.15) is 6.10 Å². The van der Waals surface area contributed by atoms with Gasteiger partial charge in [-0.1, -0.05) is 0 Å². The molecule has 1 rings (SSSR count). The van der Waals surface area contributed by atoms with Crippen molar-refractivity contribution in [3.63, 3.8) is 0 Å². The van der Waals surface area contributed by atoms with E-state index in [1.165, 1.54) is 24.3 Å². The summed E-state index contributed by atoms with van der Waals surface area (Å²) < 4.78 is 45.8. The van der Waals surface area contributed by atoms with Crippen LogP contribution in [0.15, 0.2) is 29.2 Å². The molecule has 1 aromatic carbocycles. The van der Waals surface area contributed by atoms with E-state index in [2.05, 4.69) is 5.32 Å². The van der Waals surface area contributed by atoms with Crippen LogP contribution in [0.4, 0.5) is 14.5 Å². The van der Waals surface area contributed by atoms with Crippen LogP contribution in [-0.4, -0.2) is 32.6 Å². The number of hydrogen-bond acceptors (Lipinski definition) is 4. The molecule has 0 amide bonds. The van der Waals surface area contributed by atoms with Crippen LogP contribution in [0.2, 0.25) is 0 Å². The van der Waals surface area contributed by atoms with Gasteiger partial charge in [0.15, 0.2) is 0 Å². The largest absolute Gasteiger partial charge is 0.385 e. The first-order valence-corrected chi connectivity index (χ1v) is 6.18. The van der Waals surface area contributed by atoms with Gasteiger partial charge in [-0.15, -0.1) is 0 Å². The fraction of sp³-hybridized carbons (Fsp3) is 0.333. The van der Waals surface area contributed by atoms with Crippen molar-refractivity contribution in [2.75, 3.05) is 11.9 Å². The van der Waals surface area contributed by atoms with Crippen LogP contribution in [-0.2, 0) is 10.0 Å². The fourth-order valence-electron chi connectivity index (χ4n) is 1.07. The van der Waals surface area contributed by atoms with Crippen molar-refractivity contribution in [1.29, 1.82) is 0 Å². The molecular weight excluding hydrogens is 254 g/mol. The second kappa shape index (κ2) is 5.39. The summed E-state index contributed by atoms with van der Waals surface area (Å²) in [5.74, 6) is 0. The molecule has 0 fully saturated rings. The number of rotatable bonds is 5. The van der Waals surface area contributed by atoms with Crippen LogP contribution >= 0.6 is 0 Å². The number of primary sulfonamides is 1. The van der Waals surface area contributed by atoms with Crippen LogP contribution in [0, 0.1) is 0 Å². The van der Waals surface area contributed by atoms with Crippen LogP contribution in [0.25, 0.3) is 0 Å². The van der Waals surface area contributed by atoms with Crippen molar-refractivity contribution in [3.05, 3.63) is 24.3 Å². The van der Waals surface area contributed by atoms with E-state index in [0.717, 1.165) is 0 Å².